The Morgan fingerprint density at radius 3 is 2.60 bits per heavy atom. The fraction of sp³-hybridized carbons (Fsp3) is 0.222. The third kappa shape index (κ3) is 4.10. The van der Waals surface area contributed by atoms with Crippen LogP contribution in [0.15, 0.2) is 60.8 Å². The fourth-order valence-corrected chi connectivity index (χ4v) is 5.09. The SMILES string of the molecule is C[C@H]1c2c(cc(F)c(-c3cccc4cc[nH]c34)c2F)NC(C)(C)C1OC(=O)Nc1ccc(Cl)cc1. The molecule has 5 nitrogen and oxygen atoms in total. The van der Waals surface area contributed by atoms with E-state index in [9.17, 15) is 4.79 Å². The van der Waals surface area contributed by atoms with Crippen LogP contribution in [-0.2, 0) is 4.74 Å². The van der Waals surface area contributed by atoms with Gasteiger partial charge in [-0.1, -0.05) is 36.7 Å². The van der Waals surface area contributed by atoms with E-state index in [1.807, 2.05) is 26.0 Å². The molecule has 0 spiro atoms. The zero-order chi connectivity index (χ0) is 24.9. The van der Waals surface area contributed by atoms with E-state index in [1.54, 1.807) is 49.5 Å². The second kappa shape index (κ2) is 8.57. The van der Waals surface area contributed by atoms with Crippen LogP contribution in [0.3, 0.4) is 0 Å². The molecule has 0 radical (unpaired) electrons. The van der Waals surface area contributed by atoms with Crippen molar-refractivity contribution < 1.29 is 18.3 Å². The van der Waals surface area contributed by atoms with Gasteiger partial charge in [0.2, 0.25) is 0 Å². The van der Waals surface area contributed by atoms with E-state index in [0.29, 0.717) is 27.5 Å². The monoisotopic (exact) mass is 495 g/mol. The molecule has 0 bridgehead atoms. The van der Waals surface area contributed by atoms with Gasteiger partial charge < -0.3 is 15.0 Å². The lowest BCUT2D eigenvalue weighted by Crippen LogP contribution is -2.52. The Morgan fingerprint density at radius 2 is 1.86 bits per heavy atom. The summed E-state index contributed by atoms with van der Waals surface area (Å²) in [5.74, 6) is -1.90. The van der Waals surface area contributed by atoms with E-state index in [-0.39, 0.29) is 11.1 Å². The Labute approximate surface area is 206 Å². The van der Waals surface area contributed by atoms with Gasteiger partial charge in [-0.15, -0.1) is 0 Å². The fourth-order valence-electron chi connectivity index (χ4n) is 4.96. The zero-order valence-corrected chi connectivity index (χ0v) is 20.1. The summed E-state index contributed by atoms with van der Waals surface area (Å²) in [7, 11) is 0. The topological polar surface area (TPSA) is 66.1 Å². The summed E-state index contributed by atoms with van der Waals surface area (Å²) in [6, 6.07) is 15.1. The highest BCUT2D eigenvalue weighted by Gasteiger charge is 2.45. The van der Waals surface area contributed by atoms with Gasteiger partial charge in [0.25, 0.3) is 0 Å². The Balaban J connectivity index is 1.52. The van der Waals surface area contributed by atoms with Crippen molar-refractivity contribution in [3.63, 3.8) is 0 Å². The molecule has 1 aromatic heterocycles. The highest BCUT2D eigenvalue weighted by Crippen LogP contribution is 2.46. The number of rotatable bonds is 3. The predicted molar refractivity (Wildman–Crippen MR) is 135 cm³/mol. The second-order valence-electron chi connectivity index (χ2n) is 9.35. The number of aromatic nitrogens is 1. The number of H-pyrrole nitrogens is 1. The molecule has 0 fully saturated rings. The third-order valence-electron chi connectivity index (χ3n) is 6.51. The minimum Gasteiger partial charge on any atom is -0.443 e. The van der Waals surface area contributed by atoms with Crippen LogP contribution in [0.5, 0.6) is 0 Å². The molecule has 5 rings (SSSR count). The van der Waals surface area contributed by atoms with Crippen molar-refractivity contribution in [3.05, 3.63) is 83.0 Å². The van der Waals surface area contributed by atoms with Gasteiger partial charge in [0.05, 0.1) is 16.6 Å². The van der Waals surface area contributed by atoms with Gasteiger partial charge in [0.1, 0.15) is 17.7 Å². The van der Waals surface area contributed by atoms with Gasteiger partial charge in [-0.25, -0.2) is 13.6 Å². The molecule has 3 N–H and O–H groups in total. The normalized spacial score (nSPS) is 18.6. The molecule has 0 saturated carbocycles. The first-order chi connectivity index (χ1) is 16.7. The molecule has 2 heterocycles. The number of para-hydroxylation sites is 1. The molecular weight excluding hydrogens is 472 g/mol. The van der Waals surface area contributed by atoms with Crippen LogP contribution in [0, 0.1) is 11.6 Å². The number of fused-ring (bicyclic) bond motifs is 2. The summed E-state index contributed by atoms with van der Waals surface area (Å²) in [5.41, 5.74) is 1.31. The van der Waals surface area contributed by atoms with Crippen molar-refractivity contribution >= 4 is 40.0 Å². The minimum absolute atomic E-state index is 0.116. The summed E-state index contributed by atoms with van der Waals surface area (Å²) < 4.78 is 37.2. The van der Waals surface area contributed by atoms with Gasteiger partial charge in [0.15, 0.2) is 0 Å². The van der Waals surface area contributed by atoms with Gasteiger partial charge >= 0.3 is 6.09 Å². The van der Waals surface area contributed by atoms with Crippen molar-refractivity contribution in [2.24, 2.45) is 0 Å². The van der Waals surface area contributed by atoms with Crippen molar-refractivity contribution in [3.8, 4) is 11.1 Å². The predicted octanol–water partition coefficient (Wildman–Crippen LogP) is 7.69. The number of amides is 1. The first-order valence-electron chi connectivity index (χ1n) is 11.3. The highest BCUT2D eigenvalue weighted by atomic mass is 35.5. The van der Waals surface area contributed by atoms with Gasteiger partial charge in [0, 0.05) is 39.6 Å². The van der Waals surface area contributed by atoms with E-state index < -0.39 is 35.3 Å². The number of aromatic amines is 1. The molecule has 0 aliphatic carbocycles. The van der Waals surface area contributed by atoms with Crippen LogP contribution in [0.4, 0.5) is 25.0 Å². The van der Waals surface area contributed by atoms with E-state index >= 15 is 8.78 Å². The van der Waals surface area contributed by atoms with Crippen molar-refractivity contribution in [2.75, 3.05) is 10.6 Å². The molecule has 1 aliphatic heterocycles. The molecule has 8 heteroatoms. The van der Waals surface area contributed by atoms with Crippen molar-refractivity contribution in [1.29, 1.82) is 0 Å². The number of carbonyl (C=O) groups is 1. The quantitative estimate of drug-likeness (QED) is 0.273. The zero-order valence-electron chi connectivity index (χ0n) is 19.4. The Kier molecular flexibility index (Phi) is 5.68. The van der Waals surface area contributed by atoms with E-state index in [0.717, 1.165) is 5.39 Å². The number of nitrogens with one attached hydrogen (secondary N) is 3. The number of carbonyl (C=O) groups excluding carboxylic acids is 1. The summed E-state index contributed by atoms with van der Waals surface area (Å²) in [6.45, 7) is 5.44. The summed E-state index contributed by atoms with van der Waals surface area (Å²) in [5, 5.41) is 7.24. The number of hydrogen-bond donors (Lipinski definition) is 3. The van der Waals surface area contributed by atoms with Crippen molar-refractivity contribution in [2.45, 2.75) is 38.3 Å². The van der Waals surface area contributed by atoms with Crippen LogP contribution in [0.2, 0.25) is 5.02 Å². The first-order valence-corrected chi connectivity index (χ1v) is 11.6. The van der Waals surface area contributed by atoms with E-state index in [4.69, 9.17) is 16.3 Å². The number of ether oxygens (including phenoxy) is 1. The molecule has 3 aromatic carbocycles. The maximum Gasteiger partial charge on any atom is 0.411 e. The average Bonchev–Trinajstić information content (AvgIpc) is 3.27. The lowest BCUT2D eigenvalue weighted by molar-refractivity contribution is 0.0561. The Morgan fingerprint density at radius 1 is 1.11 bits per heavy atom. The molecule has 180 valence electrons. The lowest BCUT2D eigenvalue weighted by atomic mass is 9.77. The molecule has 1 unspecified atom stereocenters. The Hall–Kier alpha value is -3.58. The molecule has 1 amide bonds. The Bertz CT molecular complexity index is 1430. The second-order valence-corrected chi connectivity index (χ2v) is 9.79. The average molecular weight is 496 g/mol. The molecule has 35 heavy (non-hydrogen) atoms. The molecule has 2 atom stereocenters. The number of halogens is 3. The number of anilines is 2. The standard InChI is InChI=1S/C27H24ClF2N3O2/c1-14-21-20(13-19(29)22(23(21)30)18-6-4-5-15-11-12-31-24(15)18)33-27(2,3)25(14)35-26(34)32-17-9-7-16(28)8-10-17/h4-14,25,31,33H,1-3H3,(H,32,34)/t14-,25?/m0/s1. The van der Waals surface area contributed by atoms with Crippen LogP contribution < -0.4 is 10.6 Å². The van der Waals surface area contributed by atoms with Crippen LogP contribution >= 0.6 is 11.6 Å². The van der Waals surface area contributed by atoms with Crippen molar-refractivity contribution in [1.82, 2.24) is 4.98 Å². The molecule has 4 aromatic rings. The lowest BCUT2D eigenvalue weighted by Gasteiger charge is -2.44. The minimum atomic E-state index is -0.788. The molecule has 1 aliphatic rings. The smallest absolute Gasteiger partial charge is 0.411 e. The molecular formula is C27H24ClF2N3O2. The van der Waals surface area contributed by atoms with E-state index in [2.05, 4.69) is 15.6 Å². The van der Waals surface area contributed by atoms with Crippen LogP contribution in [0.1, 0.15) is 32.3 Å². The summed E-state index contributed by atoms with van der Waals surface area (Å²) in [4.78, 5) is 15.8. The van der Waals surface area contributed by atoms with Crippen LogP contribution in [0.25, 0.3) is 22.0 Å². The van der Waals surface area contributed by atoms with Gasteiger partial charge in [-0.05, 0) is 55.6 Å². The van der Waals surface area contributed by atoms with E-state index in [1.165, 1.54) is 6.07 Å². The van der Waals surface area contributed by atoms with Gasteiger partial charge in [-0.3, -0.25) is 5.32 Å². The van der Waals surface area contributed by atoms with Gasteiger partial charge in [-0.2, -0.15) is 0 Å². The highest BCUT2D eigenvalue weighted by molar-refractivity contribution is 6.30. The summed E-state index contributed by atoms with van der Waals surface area (Å²) >= 11 is 5.90. The molecule has 0 saturated heterocycles. The third-order valence-corrected chi connectivity index (χ3v) is 6.77. The number of benzene rings is 3. The maximum atomic E-state index is 16.1. The summed E-state index contributed by atoms with van der Waals surface area (Å²) in [6.07, 6.45) is 0.316. The number of hydrogen-bond acceptors (Lipinski definition) is 3. The van der Waals surface area contributed by atoms with Crippen LogP contribution in [-0.4, -0.2) is 22.7 Å². The first kappa shape index (κ1) is 23.2. The maximum absolute atomic E-state index is 16.1. The largest absolute Gasteiger partial charge is 0.443 e.